The van der Waals surface area contributed by atoms with Crippen molar-refractivity contribution in [1.29, 1.82) is 0 Å². The molecule has 6 rings (SSSR count). The normalized spacial score (nSPS) is 19.9. The number of rotatable bonds is 3. The molecule has 2 unspecified atom stereocenters. The summed E-state index contributed by atoms with van der Waals surface area (Å²) in [5, 5.41) is 12.8. The summed E-state index contributed by atoms with van der Waals surface area (Å²) in [6, 6.07) is 13.4. The van der Waals surface area contributed by atoms with Crippen molar-refractivity contribution in [2.24, 2.45) is 0 Å². The highest BCUT2D eigenvalue weighted by molar-refractivity contribution is 6.14. The van der Waals surface area contributed by atoms with Crippen molar-refractivity contribution < 1.29 is 14.6 Å². The van der Waals surface area contributed by atoms with E-state index in [0.717, 1.165) is 46.7 Å². The molecule has 0 saturated carbocycles. The Labute approximate surface area is 196 Å². The predicted octanol–water partition coefficient (Wildman–Crippen LogP) is 3.39. The summed E-state index contributed by atoms with van der Waals surface area (Å²) in [5.74, 6) is 1.37. The lowest BCUT2D eigenvalue weighted by atomic mass is 9.96. The van der Waals surface area contributed by atoms with Crippen LogP contribution in [-0.2, 0) is 11.3 Å². The summed E-state index contributed by atoms with van der Waals surface area (Å²) in [6.45, 7) is 1.06. The first-order valence-corrected chi connectivity index (χ1v) is 11.5. The number of carbonyl (C=O) groups excluding carboxylic acids is 1. The van der Waals surface area contributed by atoms with Crippen molar-refractivity contribution in [2.75, 3.05) is 24.3 Å². The fourth-order valence-electron chi connectivity index (χ4n) is 5.01. The molecule has 4 aromatic rings. The van der Waals surface area contributed by atoms with Gasteiger partial charge in [-0.25, -0.2) is 9.97 Å². The number of nitrogen functional groups attached to an aromatic ring is 1. The molecular weight excluding hydrogens is 430 g/mol. The average molecular weight is 456 g/mol. The zero-order valence-corrected chi connectivity index (χ0v) is 18.6. The molecule has 172 valence electrons. The highest BCUT2D eigenvalue weighted by Crippen LogP contribution is 2.36. The van der Waals surface area contributed by atoms with E-state index < -0.39 is 0 Å². The van der Waals surface area contributed by atoms with Crippen LogP contribution in [0.1, 0.15) is 46.1 Å². The maximum Gasteiger partial charge on any atom is 0.195 e. The minimum Gasteiger partial charge on any atom is -0.394 e. The number of nitrogens with two attached hydrogens (primary N) is 1. The maximum absolute atomic E-state index is 13.2. The van der Waals surface area contributed by atoms with Crippen molar-refractivity contribution in [3.63, 3.8) is 0 Å². The van der Waals surface area contributed by atoms with Gasteiger partial charge in [-0.15, -0.1) is 0 Å². The number of ketones is 1. The number of nitrogens with zero attached hydrogens (tertiary/aromatic N) is 3. The zero-order chi connectivity index (χ0) is 23.2. The van der Waals surface area contributed by atoms with Crippen LogP contribution >= 0.6 is 0 Å². The van der Waals surface area contributed by atoms with Crippen LogP contribution in [0.5, 0.6) is 0 Å². The van der Waals surface area contributed by atoms with Crippen molar-refractivity contribution >= 4 is 22.8 Å². The number of aromatic nitrogens is 3. The van der Waals surface area contributed by atoms with Crippen LogP contribution in [-0.4, -0.2) is 44.6 Å². The second-order valence-corrected chi connectivity index (χ2v) is 8.86. The van der Waals surface area contributed by atoms with E-state index in [-0.39, 0.29) is 24.4 Å². The number of nitrogens with one attached hydrogen (secondary N) is 1. The summed E-state index contributed by atoms with van der Waals surface area (Å²) in [5.41, 5.74) is 11.8. The van der Waals surface area contributed by atoms with Crippen LogP contribution in [0.2, 0.25) is 0 Å². The van der Waals surface area contributed by atoms with Gasteiger partial charge in [0.1, 0.15) is 22.9 Å². The van der Waals surface area contributed by atoms with E-state index in [4.69, 9.17) is 15.5 Å². The summed E-state index contributed by atoms with van der Waals surface area (Å²) in [4.78, 5) is 22.5. The van der Waals surface area contributed by atoms with Crippen LogP contribution < -0.4 is 11.1 Å². The first kappa shape index (κ1) is 20.8. The molecule has 0 radical (unpaired) electrons. The summed E-state index contributed by atoms with van der Waals surface area (Å²) in [7, 11) is 0. The van der Waals surface area contributed by atoms with Crippen LogP contribution in [0.3, 0.4) is 0 Å². The molecule has 34 heavy (non-hydrogen) atoms. The van der Waals surface area contributed by atoms with Gasteiger partial charge in [0.15, 0.2) is 5.78 Å². The van der Waals surface area contributed by atoms with E-state index in [1.165, 1.54) is 0 Å². The topological polar surface area (TPSA) is 115 Å². The standard InChI is InChI=1S/C26H25N5O3/c27-25-23-22(30-26(31(23)10-9-28-25)16-5-7-18(13-32)34-14-16)15-6-8-19-17(11-15)12-29-21-4-2-1-3-20(21)24(19)33/h1-4,6,8-11,16,18,29,32H,5,7,12-14H2,(H2,27,28). The van der Waals surface area contributed by atoms with Gasteiger partial charge < -0.3 is 20.9 Å². The first-order valence-electron chi connectivity index (χ1n) is 11.5. The smallest absolute Gasteiger partial charge is 0.195 e. The minimum atomic E-state index is -0.118. The van der Waals surface area contributed by atoms with Gasteiger partial charge >= 0.3 is 0 Å². The molecule has 0 spiro atoms. The molecule has 8 nitrogen and oxygen atoms in total. The number of para-hydroxylation sites is 1. The maximum atomic E-state index is 13.2. The Balaban J connectivity index is 1.44. The molecule has 2 atom stereocenters. The fraction of sp³-hybridized carbons (Fsp3) is 0.269. The Morgan fingerprint density at radius 1 is 1.18 bits per heavy atom. The third kappa shape index (κ3) is 3.34. The molecule has 1 fully saturated rings. The molecule has 2 aromatic heterocycles. The summed E-state index contributed by atoms with van der Waals surface area (Å²) >= 11 is 0. The monoisotopic (exact) mass is 455 g/mol. The Kier molecular flexibility index (Phi) is 5.04. The van der Waals surface area contributed by atoms with E-state index in [1.54, 1.807) is 6.20 Å². The van der Waals surface area contributed by atoms with Gasteiger partial charge in [-0.2, -0.15) is 0 Å². The van der Waals surface area contributed by atoms with Gasteiger partial charge in [0.25, 0.3) is 0 Å². The van der Waals surface area contributed by atoms with Crippen LogP contribution in [0.15, 0.2) is 54.9 Å². The molecule has 2 aromatic carbocycles. The summed E-state index contributed by atoms with van der Waals surface area (Å²) < 4.78 is 7.82. The number of anilines is 2. The van der Waals surface area contributed by atoms with E-state index >= 15 is 0 Å². The molecule has 0 aliphatic carbocycles. The lowest BCUT2D eigenvalue weighted by molar-refractivity contribution is -0.0282. The van der Waals surface area contributed by atoms with Crippen molar-refractivity contribution in [3.05, 3.63) is 77.4 Å². The quantitative estimate of drug-likeness (QED) is 0.434. The molecule has 8 heteroatoms. The number of aliphatic hydroxyl groups is 1. The Morgan fingerprint density at radius 2 is 2.06 bits per heavy atom. The molecule has 4 N–H and O–H groups in total. The van der Waals surface area contributed by atoms with Crippen molar-refractivity contribution in [1.82, 2.24) is 14.4 Å². The molecule has 2 aliphatic heterocycles. The average Bonchev–Trinajstić information content (AvgIpc) is 3.21. The van der Waals surface area contributed by atoms with Gasteiger partial charge in [0, 0.05) is 47.2 Å². The zero-order valence-electron chi connectivity index (χ0n) is 18.6. The molecule has 4 heterocycles. The number of hydrogen-bond acceptors (Lipinski definition) is 7. The SMILES string of the molecule is Nc1nccn2c(C3CCC(CO)OC3)nc(-c3ccc4c(c3)CNc3ccccc3C4=O)c12. The van der Waals surface area contributed by atoms with E-state index in [9.17, 15) is 9.90 Å². The van der Waals surface area contributed by atoms with Gasteiger partial charge in [-0.3, -0.25) is 9.20 Å². The van der Waals surface area contributed by atoms with E-state index in [1.807, 2.05) is 53.1 Å². The lowest BCUT2D eigenvalue weighted by Crippen LogP contribution is -2.28. The van der Waals surface area contributed by atoms with Crippen LogP contribution in [0.25, 0.3) is 16.8 Å². The van der Waals surface area contributed by atoms with Crippen molar-refractivity contribution in [3.8, 4) is 11.3 Å². The van der Waals surface area contributed by atoms with E-state index in [0.29, 0.717) is 30.1 Å². The van der Waals surface area contributed by atoms with Gasteiger partial charge in [0.05, 0.1) is 19.3 Å². The Morgan fingerprint density at radius 3 is 2.88 bits per heavy atom. The number of aliphatic hydroxyl groups excluding tert-OH is 1. The molecule has 0 bridgehead atoms. The third-order valence-corrected chi connectivity index (χ3v) is 6.81. The lowest BCUT2D eigenvalue weighted by Gasteiger charge is -2.27. The predicted molar refractivity (Wildman–Crippen MR) is 129 cm³/mol. The number of carbonyl (C=O) groups is 1. The third-order valence-electron chi connectivity index (χ3n) is 6.81. The number of ether oxygens (including phenoxy) is 1. The van der Waals surface area contributed by atoms with E-state index in [2.05, 4.69) is 10.3 Å². The van der Waals surface area contributed by atoms with Gasteiger partial charge in [0.2, 0.25) is 0 Å². The molecular formula is C26H25N5O3. The van der Waals surface area contributed by atoms with Crippen LogP contribution in [0.4, 0.5) is 11.5 Å². The molecule has 0 amide bonds. The second-order valence-electron chi connectivity index (χ2n) is 8.86. The minimum absolute atomic E-state index is 0.0107. The van der Waals surface area contributed by atoms with Gasteiger partial charge in [-0.05, 0) is 36.6 Å². The Bertz CT molecular complexity index is 1410. The highest BCUT2D eigenvalue weighted by atomic mass is 16.5. The number of fused-ring (bicyclic) bond motifs is 3. The first-order chi connectivity index (χ1) is 16.6. The highest BCUT2D eigenvalue weighted by Gasteiger charge is 2.28. The number of benzene rings is 2. The number of imidazole rings is 1. The summed E-state index contributed by atoms with van der Waals surface area (Å²) in [6.07, 6.45) is 5.08. The fourth-order valence-corrected chi connectivity index (χ4v) is 5.01. The largest absolute Gasteiger partial charge is 0.394 e. The molecule has 2 aliphatic rings. The van der Waals surface area contributed by atoms with Crippen LogP contribution in [0, 0.1) is 0 Å². The molecule has 1 saturated heterocycles. The Hall–Kier alpha value is -3.75. The van der Waals surface area contributed by atoms with Gasteiger partial charge in [-0.1, -0.05) is 24.3 Å². The second kappa shape index (κ2) is 8.23. The number of hydrogen-bond donors (Lipinski definition) is 3. The van der Waals surface area contributed by atoms with Crippen molar-refractivity contribution in [2.45, 2.75) is 31.4 Å².